The fourth-order valence-corrected chi connectivity index (χ4v) is 2.68. The lowest BCUT2D eigenvalue weighted by Crippen LogP contribution is -2.53. The topological polar surface area (TPSA) is 49.4 Å². The Bertz CT molecular complexity index is 523. The molecule has 19 heavy (non-hydrogen) atoms. The number of amides is 2. The number of nitrogens with one attached hydrogen (secondary N) is 1. The Balaban J connectivity index is 2.49. The normalized spacial score (nSPS) is 19.1. The van der Waals surface area contributed by atoms with Crippen molar-refractivity contribution in [2.75, 3.05) is 11.4 Å². The molecule has 1 heterocycles. The predicted molar refractivity (Wildman–Crippen MR) is 75.7 cm³/mol. The third kappa shape index (κ3) is 2.69. The largest absolute Gasteiger partial charge is 0.342 e. The van der Waals surface area contributed by atoms with Gasteiger partial charge in [-0.05, 0) is 26.0 Å². The summed E-state index contributed by atoms with van der Waals surface area (Å²) in [4.78, 5) is 25.6. The monoisotopic (exact) mass is 300 g/mol. The van der Waals surface area contributed by atoms with E-state index < -0.39 is 5.54 Å². The van der Waals surface area contributed by atoms with Crippen molar-refractivity contribution in [2.45, 2.75) is 25.8 Å². The molecule has 1 fully saturated rings. The maximum atomic E-state index is 12.5. The molecule has 1 aromatic carbocycles. The number of nitrogens with zero attached hydrogens (tertiary/aromatic N) is 1. The van der Waals surface area contributed by atoms with Gasteiger partial charge in [0.2, 0.25) is 5.91 Å². The second-order valence-corrected chi connectivity index (χ2v) is 5.76. The quantitative estimate of drug-likeness (QED) is 0.867. The summed E-state index contributed by atoms with van der Waals surface area (Å²) in [5, 5.41) is 3.48. The van der Waals surface area contributed by atoms with Crippen molar-refractivity contribution in [3.63, 3.8) is 0 Å². The highest BCUT2D eigenvalue weighted by molar-refractivity contribution is 6.40. The molecule has 0 saturated carbocycles. The molecule has 0 radical (unpaired) electrons. The molecule has 0 aliphatic carbocycles. The van der Waals surface area contributed by atoms with Gasteiger partial charge in [0.25, 0.3) is 5.91 Å². The Labute approximate surface area is 121 Å². The molecule has 0 aromatic heterocycles. The summed E-state index contributed by atoms with van der Waals surface area (Å²) in [5.41, 5.74) is -0.517. The lowest BCUT2D eigenvalue weighted by atomic mass is 10.0. The zero-order valence-electron chi connectivity index (χ0n) is 10.7. The van der Waals surface area contributed by atoms with Crippen LogP contribution in [0, 0.1) is 0 Å². The number of hydrogen-bond acceptors (Lipinski definition) is 2. The van der Waals surface area contributed by atoms with Crippen LogP contribution in [0.25, 0.3) is 0 Å². The number of halogens is 2. The van der Waals surface area contributed by atoms with Crippen molar-refractivity contribution in [1.29, 1.82) is 0 Å². The SMILES string of the molecule is CC1(C)NC(=O)CCN(c2c(Cl)cccc2Cl)C1=O. The van der Waals surface area contributed by atoms with Gasteiger partial charge in [-0.2, -0.15) is 0 Å². The fraction of sp³-hybridized carbons (Fsp3) is 0.385. The number of carbonyl (C=O) groups is 2. The van der Waals surface area contributed by atoms with Crippen molar-refractivity contribution in [1.82, 2.24) is 5.32 Å². The molecule has 1 N–H and O–H groups in total. The van der Waals surface area contributed by atoms with Crippen LogP contribution in [0.3, 0.4) is 0 Å². The summed E-state index contributed by atoms with van der Waals surface area (Å²) in [6.45, 7) is 3.59. The summed E-state index contributed by atoms with van der Waals surface area (Å²) >= 11 is 12.3. The lowest BCUT2D eigenvalue weighted by Gasteiger charge is -2.29. The third-order valence-electron chi connectivity index (χ3n) is 3.00. The molecular formula is C13H14Cl2N2O2. The lowest BCUT2D eigenvalue weighted by molar-refractivity contribution is -0.128. The maximum Gasteiger partial charge on any atom is 0.252 e. The van der Waals surface area contributed by atoms with Crippen LogP contribution in [0.4, 0.5) is 5.69 Å². The molecule has 1 aliphatic heterocycles. The summed E-state index contributed by atoms with van der Waals surface area (Å²) in [6.07, 6.45) is 0.219. The second-order valence-electron chi connectivity index (χ2n) is 4.95. The molecule has 1 aromatic rings. The molecule has 0 bridgehead atoms. The van der Waals surface area contributed by atoms with E-state index in [4.69, 9.17) is 23.2 Å². The molecule has 1 saturated heterocycles. The van der Waals surface area contributed by atoms with E-state index in [1.165, 1.54) is 4.90 Å². The van der Waals surface area contributed by atoms with E-state index in [0.717, 1.165) is 0 Å². The van der Waals surface area contributed by atoms with Crippen LogP contribution in [-0.2, 0) is 9.59 Å². The van der Waals surface area contributed by atoms with Crippen LogP contribution in [0.15, 0.2) is 18.2 Å². The van der Waals surface area contributed by atoms with E-state index in [-0.39, 0.29) is 24.8 Å². The van der Waals surface area contributed by atoms with E-state index in [1.807, 2.05) is 0 Å². The Morgan fingerprint density at radius 3 is 2.37 bits per heavy atom. The van der Waals surface area contributed by atoms with Gasteiger partial charge in [-0.15, -0.1) is 0 Å². The number of hydrogen-bond donors (Lipinski definition) is 1. The van der Waals surface area contributed by atoms with Crippen LogP contribution < -0.4 is 10.2 Å². The zero-order chi connectivity index (χ0) is 14.2. The summed E-state index contributed by atoms with van der Waals surface area (Å²) in [5.74, 6) is -0.391. The Morgan fingerprint density at radius 1 is 1.21 bits per heavy atom. The first-order chi connectivity index (χ1) is 8.83. The number of benzene rings is 1. The standard InChI is InChI=1S/C13H14Cl2N2O2/c1-13(2)12(19)17(7-6-10(18)16-13)11-8(14)4-3-5-9(11)15/h3-5H,6-7H2,1-2H3,(H,16,18). The smallest absolute Gasteiger partial charge is 0.252 e. The molecule has 6 heteroatoms. The predicted octanol–water partition coefficient (Wildman–Crippen LogP) is 2.62. The third-order valence-corrected chi connectivity index (χ3v) is 3.61. The highest BCUT2D eigenvalue weighted by atomic mass is 35.5. The highest BCUT2D eigenvalue weighted by Crippen LogP contribution is 2.35. The minimum Gasteiger partial charge on any atom is -0.342 e. The summed E-state index contributed by atoms with van der Waals surface area (Å²) in [6, 6.07) is 5.05. The van der Waals surface area contributed by atoms with E-state index in [1.54, 1.807) is 32.0 Å². The molecule has 0 spiro atoms. The van der Waals surface area contributed by atoms with Crippen LogP contribution in [0.1, 0.15) is 20.3 Å². The number of rotatable bonds is 1. The first kappa shape index (κ1) is 14.2. The van der Waals surface area contributed by atoms with E-state index >= 15 is 0 Å². The Morgan fingerprint density at radius 2 is 1.79 bits per heavy atom. The first-order valence-electron chi connectivity index (χ1n) is 5.90. The van der Waals surface area contributed by atoms with Crippen molar-refractivity contribution >= 4 is 40.7 Å². The van der Waals surface area contributed by atoms with Gasteiger partial charge in [0, 0.05) is 13.0 Å². The summed E-state index contributed by atoms with van der Waals surface area (Å²) < 4.78 is 0. The minimum atomic E-state index is -0.976. The highest BCUT2D eigenvalue weighted by Gasteiger charge is 2.38. The number of carbonyl (C=O) groups excluding carboxylic acids is 2. The van der Waals surface area contributed by atoms with Crippen LogP contribution in [0.5, 0.6) is 0 Å². The average Bonchev–Trinajstić information content (AvgIpc) is 2.39. The van der Waals surface area contributed by atoms with Gasteiger partial charge in [-0.3, -0.25) is 9.59 Å². The van der Waals surface area contributed by atoms with E-state index in [2.05, 4.69) is 5.32 Å². The average molecular weight is 301 g/mol. The van der Waals surface area contributed by atoms with Gasteiger partial charge in [0.15, 0.2) is 0 Å². The molecular weight excluding hydrogens is 287 g/mol. The van der Waals surface area contributed by atoms with E-state index in [9.17, 15) is 9.59 Å². The number of anilines is 1. The Kier molecular flexibility index (Phi) is 3.74. The molecule has 1 aliphatic rings. The summed E-state index contributed by atoms with van der Waals surface area (Å²) in [7, 11) is 0. The fourth-order valence-electron chi connectivity index (χ4n) is 2.08. The van der Waals surface area contributed by atoms with Gasteiger partial charge in [-0.1, -0.05) is 29.3 Å². The maximum absolute atomic E-state index is 12.5. The molecule has 0 unspecified atom stereocenters. The van der Waals surface area contributed by atoms with Crippen molar-refractivity contribution in [3.05, 3.63) is 28.2 Å². The molecule has 102 valence electrons. The zero-order valence-corrected chi connectivity index (χ0v) is 12.2. The molecule has 0 atom stereocenters. The van der Waals surface area contributed by atoms with E-state index in [0.29, 0.717) is 15.7 Å². The van der Waals surface area contributed by atoms with Gasteiger partial charge < -0.3 is 10.2 Å². The number of para-hydroxylation sites is 1. The second kappa shape index (κ2) is 5.02. The van der Waals surface area contributed by atoms with Crippen LogP contribution in [0.2, 0.25) is 10.0 Å². The minimum absolute atomic E-state index is 0.163. The van der Waals surface area contributed by atoms with Crippen LogP contribution in [-0.4, -0.2) is 23.9 Å². The van der Waals surface area contributed by atoms with Crippen molar-refractivity contribution in [3.8, 4) is 0 Å². The van der Waals surface area contributed by atoms with Gasteiger partial charge in [0.05, 0.1) is 15.7 Å². The van der Waals surface area contributed by atoms with Crippen molar-refractivity contribution < 1.29 is 9.59 Å². The van der Waals surface area contributed by atoms with Gasteiger partial charge in [0.1, 0.15) is 5.54 Å². The van der Waals surface area contributed by atoms with Gasteiger partial charge >= 0.3 is 0 Å². The van der Waals surface area contributed by atoms with Crippen molar-refractivity contribution in [2.24, 2.45) is 0 Å². The Hall–Kier alpha value is -1.26. The first-order valence-corrected chi connectivity index (χ1v) is 6.65. The molecule has 2 rings (SSSR count). The molecule has 4 nitrogen and oxygen atoms in total. The van der Waals surface area contributed by atoms with Gasteiger partial charge in [-0.25, -0.2) is 0 Å². The van der Waals surface area contributed by atoms with Crippen LogP contribution >= 0.6 is 23.2 Å². The molecule has 2 amide bonds.